The minimum atomic E-state index is 1.10. The largest absolute Gasteiger partial charge is 0.372 e. The van der Waals surface area contributed by atoms with Crippen LogP contribution in [0.25, 0.3) is 0 Å². The summed E-state index contributed by atoms with van der Waals surface area (Å²) >= 11 is 0. The van der Waals surface area contributed by atoms with Crippen molar-refractivity contribution in [3.63, 3.8) is 0 Å². The van der Waals surface area contributed by atoms with Gasteiger partial charge in [0.05, 0.1) is 0 Å². The first-order valence-corrected chi connectivity index (χ1v) is 4.66. The van der Waals surface area contributed by atoms with Gasteiger partial charge >= 0.3 is 0 Å². The van der Waals surface area contributed by atoms with Gasteiger partial charge in [0.25, 0.3) is 0 Å². The van der Waals surface area contributed by atoms with Crippen molar-refractivity contribution >= 4 is 0 Å². The molecular formula is C10H18N2. The van der Waals surface area contributed by atoms with Crippen LogP contribution in [0.1, 0.15) is 19.8 Å². The minimum Gasteiger partial charge on any atom is -0.372 e. The molecule has 1 aliphatic heterocycles. The molecule has 1 rings (SSSR count). The molecule has 0 spiro atoms. The number of nitrogens with one attached hydrogen (secondary N) is 1. The maximum Gasteiger partial charge on any atom is 0.101 e. The van der Waals surface area contributed by atoms with E-state index in [1.807, 2.05) is 0 Å². The average Bonchev–Trinajstić information content (AvgIpc) is 2.09. The molecule has 0 amide bonds. The number of allylic oxidation sites excluding steroid dienone is 3. The van der Waals surface area contributed by atoms with Gasteiger partial charge in [-0.1, -0.05) is 19.1 Å². The van der Waals surface area contributed by atoms with Gasteiger partial charge in [0.1, 0.15) is 5.82 Å². The number of nitrogens with zero attached hydrogens (tertiary/aromatic N) is 1. The van der Waals surface area contributed by atoms with Crippen LogP contribution >= 0.6 is 0 Å². The summed E-state index contributed by atoms with van der Waals surface area (Å²) in [7, 11) is 2.12. The molecule has 0 atom stereocenters. The second kappa shape index (κ2) is 4.86. The zero-order chi connectivity index (χ0) is 8.81. The summed E-state index contributed by atoms with van der Waals surface area (Å²) in [4.78, 5) is 2.25. The highest BCUT2D eigenvalue weighted by Gasteiger charge is 2.07. The van der Waals surface area contributed by atoms with E-state index in [1.165, 1.54) is 18.8 Å². The van der Waals surface area contributed by atoms with E-state index in [9.17, 15) is 0 Å². The molecule has 0 radical (unpaired) electrons. The van der Waals surface area contributed by atoms with Crippen molar-refractivity contribution in [1.82, 2.24) is 10.2 Å². The van der Waals surface area contributed by atoms with Crippen LogP contribution in [-0.2, 0) is 0 Å². The van der Waals surface area contributed by atoms with Crippen LogP contribution in [0.5, 0.6) is 0 Å². The van der Waals surface area contributed by atoms with Gasteiger partial charge in [0.2, 0.25) is 0 Å². The van der Waals surface area contributed by atoms with Crippen LogP contribution in [0.4, 0.5) is 0 Å². The second-order valence-corrected chi connectivity index (χ2v) is 3.09. The summed E-state index contributed by atoms with van der Waals surface area (Å²) in [6, 6.07) is 0. The monoisotopic (exact) mass is 166 g/mol. The third kappa shape index (κ3) is 2.61. The summed E-state index contributed by atoms with van der Waals surface area (Å²) in [6.07, 6.45) is 8.77. The Bertz CT molecular complexity index is 182. The quantitative estimate of drug-likeness (QED) is 0.672. The van der Waals surface area contributed by atoms with Gasteiger partial charge < -0.3 is 10.2 Å². The molecule has 0 aliphatic carbocycles. The maximum atomic E-state index is 3.36. The highest BCUT2D eigenvalue weighted by atomic mass is 15.2. The van der Waals surface area contributed by atoms with E-state index in [1.54, 1.807) is 0 Å². The minimum absolute atomic E-state index is 1.10. The number of hydrogen-bond donors (Lipinski definition) is 1. The van der Waals surface area contributed by atoms with E-state index >= 15 is 0 Å². The van der Waals surface area contributed by atoms with Crippen molar-refractivity contribution in [3.05, 3.63) is 24.0 Å². The lowest BCUT2D eigenvalue weighted by Crippen LogP contribution is -2.36. The Balaban J connectivity index is 2.47. The summed E-state index contributed by atoms with van der Waals surface area (Å²) < 4.78 is 0. The normalized spacial score (nSPS) is 21.8. The third-order valence-corrected chi connectivity index (χ3v) is 2.01. The van der Waals surface area contributed by atoms with Crippen LogP contribution in [0.3, 0.4) is 0 Å². The van der Waals surface area contributed by atoms with Crippen molar-refractivity contribution in [2.24, 2.45) is 0 Å². The van der Waals surface area contributed by atoms with Gasteiger partial charge in [-0.15, -0.1) is 0 Å². The van der Waals surface area contributed by atoms with Crippen LogP contribution < -0.4 is 5.32 Å². The molecule has 1 fully saturated rings. The Morgan fingerprint density at radius 2 is 2.42 bits per heavy atom. The van der Waals surface area contributed by atoms with Crippen molar-refractivity contribution in [1.29, 1.82) is 0 Å². The van der Waals surface area contributed by atoms with Crippen molar-refractivity contribution in [2.75, 3.05) is 20.1 Å². The summed E-state index contributed by atoms with van der Waals surface area (Å²) in [6.45, 7) is 4.42. The van der Waals surface area contributed by atoms with Gasteiger partial charge in [-0.3, -0.25) is 0 Å². The predicted molar refractivity (Wildman–Crippen MR) is 52.8 cm³/mol. The zero-order valence-corrected chi connectivity index (χ0v) is 8.01. The summed E-state index contributed by atoms with van der Waals surface area (Å²) in [5.74, 6) is 1.24. The van der Waals surface area contributed by atoms with Crippen LogP contribution in [0, 0.1) is 0 Å². The van der Waals surface area contributed by atoms with Crippen molar-refractivity contribution in [2.45, 2.75) is 19.8 Å². The van der Waals surface area contributed by atoms with Crippen molar-refractivity contribution < 1.29 is 0 Å². The van der Waals surface area contributed by atoms with Gasteiger partial charge in [-0.05, 0) is 18.9 Å². The lowest BCUT2D eigenvalue weighted by Gasteiger charge is -2.28. The van der Waals surface area contributed by atoms with Crippen molar-refractivity contribution in [3.8, 4) is 0 Å². The predicted octanol–water partition coefficient (Wildman–Crippen LogP) is 1.72. The Morgan fingerprint density at radius 1 is 1.58 bits per heavy atom. The SMILES string of the molecule is CC/C=C/C=C1/NCCCN1C. The zero-order valence-electron chi connectivity index (χ0n) is 8.01. The van der Waals surface area contributed by atoms with E-state index in [2.05, 4.69) is 42.4 Å². The topological polar surface area (TPSA) is 15.3 Å². The molecule has 0 aromatic carbocycles. The molecule has 0 aromatic rings. The highest BCUT2D eigenvalue weighted by Crippen LogP contribution is 2.04. The molecule has 0 unspecified atom stereocenters. The highest BCUT2D eigenvalue weighted by molar-refractivity contribution is 5.11. The summed E-state index contributed by atoms with van der Waals surface area (Å²) in [5.41, 5.74) is 0. The molecule has 12 heavy (non-hydrogen) atoms. The van der Waals surface area contributed by atoms with Gasteiger partial charge in [0.15, 0.2) is 0 Å². The number of hydrogen-bond acceptors (Lipinski definition) is 2. The first kappa shape index (κ1) is 9.17. The Kier molecular flexibility index (Phi) is 3.71. The third-order valence-electron chi connectivity index (χ3n) is 2.01. The molecule has 1 N–H and O–H groups in total. The molecule has 1 aliphatic rings. The van der Waals surface area contributed by atoms with Gasteiger partial charge in [-0.2, -0.15) is 0 Å². The number of rotatable bonds is 2. The Labute approximate surface area is 74.9 Å². The standard InChI is InChI=1S/C10H18N2/c1-3-4-5-7-10-11-8-6-9-12(10)2/h4-5,7,11H,3,6,8-9H2,1-2H3/b5-4+,10-7-. The lowest BCUT2D eigenvalue weighted by molar-refractivity contribution is 0.334. The van der Waals surface area contributed by atoms with E-state index in [-0.39, 0.29) is 0 Å². The fourth-order valence-electron chi connectivity index (χ4n) is 1.27. The van der Waals surface area contributed by atoms with Gasteiger partial charge in [0, 0.05) is 20.1 Å². The molecule has 1 heterocycles. The maximum absolute atomic E-state index is 3.36. The van der Waals surface area contributed by atoms with E-state index in [0.717, 1.165) is 13.0 Å². The molecule has 1 saturated heterocycles. The molecule has 0 bridgehead atoms. The van der Waals surface area contributed by atoms with E-state index in [4.69, 9.17) is 0 Å². The molecule has 0 saturated carbocycles. The lowest BCUT2D eigenvalue weighted by atomic mass is 10.3. The van der Waals surface area contributed by atoms with Gasteiger partial charge in [-0.25, -0.2) is 0 Å². The molecular weight excluding hydrogens is 148 g/mol. The second-order valence-electron chi connectivity index (χ2n) is 3.09. The fourth-order valence-corrected chi connectivity index (χ4v) is 1.27. The molecule has 2 nitrogen and oxygen atoms in total. The van der Waals surface area contributed by atoms with Crippen LogP contribution in [0.2, 0.25) is 0 Å². The molecule has 0 aromatic heterocycles. The first-order valence-electron chi connectivity index (χ1n) is 4.66. The summed E-state index contributed by atoms with van der Waals surface area (Å²) in [5, 5.41) is 3.36. The molecule has 68 valence electrons. The van der Waals surface area contributed by atoms with Crippen LogP contribution in [-0.4, -0.2) is 25.0 Å². The Morgan fingerprint density at radius 3 is 3.08 bits per heavy atom. The van der Waals surface area contributed by atoms with E-state index in [0.29, 0.717) is 0 Å². The fraction of sp³-hybridized carbons (Fsp3) is 0.600. The smallest absolute Gasteiger partial charge is 0.101 e. The Hall–Kier alpha value is -0.920. The van der Waals surface area contributed by atoms with Crippen LogP contribution in [0.15, 0.2) is 24.0 Å². The first-order chi connectivity index (χ1) is 5.84. The van der Waals surface area contributed by atoms with E-state index < -0.39 is 0 Å². The molecule has 2 heteroatoms. The average molecular weight is 166 g/mol.